The average Bonchev–Trinajstić information content (AvgIpc) is 2.99. The first-order chi connectivity index (χ1) is 23.4. The fraction of sp³-hybridized carbons (Fsp3) is 0.523. The first-order valence-electron chi connectivity index (χ1n) is 18.3. The molecule has 52 heavy (non-hydrogen) atoms. The summed E-state index contributed by atoms with van der Waals surface area (Å²) in [5.74, 6) is 2.49. The van der Waals surface area contributed by atoms with E-state index < -0.39 is 18.0 Å². The van der Waals surface area contributed by atoms with Gasteiger partial charge in [-0.05, 0) is 100 Å². The Morgan fingerprint density at radius 2 is 1.37 bits per heavy atom. The summed E-state index contributed by atoms with van der Waals surface area (Å²) in [4.78, 5) is 0. The second-order valence-electron chi connectivity index (χ2n) is 16.8. The minimum atomic E-state index is -3.67. The Morgan fingerprint density at radius 3 is 1.75 bits per heavy atom. The molecule has 0 amide bonds. The molecule has 0 fully saturated rings. The van der Waals surface area contributed by atoms with Crippen molar-refractivity contribution in [1.29, 1.82) is 0 Å². The zero-order chi connectivity index (χ0) is 39.1. The number of allylic oxidation sites excluding steroid dienone is 5. The van der Waals surface area contributed by atoms with Crippen LogP contribution in [0.5, 0.6) is 5.75 Å². The number of aryl methyl sites for hydroxylation is 1. The van der Waals surface area contributed by atoms with Crippen molar-refractivity contribution in [1.82, 2.24) is 0 Å². The molecule has 8 heteroatoms. The summed E-state index contributed by atoms with van der Waals surface area (Å²) < 4.78 is 32.0. The molecular formula is C44H67NO4PPdS+. The van der Waals surface area contributed by atoms with Crippen LogP contribution < -0.4 is 10.0 Å². The van der Waals surface area contributed by atoms with Crippen LogP contribution in [0.2, 0.25) is 0 Å². The smallest absolute Gasteiger partial charge is 0.681 e. The van der Waals surface area contributed by atoms with Crippen LogP contribution in [0.1, 0.15) is 136 Å². The van der Waals surface area contributed by atoms with Gasteiger partial charge in [-0.3, -0.25) is 4.55 Å². The number of hydrogen-bond donors (Lipinski definition) is 1. The maximum absolute atomic E-state index is 9.19. The molecular weight excluding hydrogens is 776 g/mol. The molecule has 2 aromatic rings. The van der Waals surface area contributed by atoms with Crippen LogP contribution in [-0.2, 0) is 30.5 Å². The maximum atomic E-state index is 9.19. The molecule has 0 saturated heterocycles. The van der Waals surface area contributed by atoms with Crippen LogP contribution in [0, 0.1) is 13.3 Å². The Hall–Kier alpha value is -1.97. The van der Waals surface area contributed by atoms with Crippen LogP contribution >= 0.6 is 7.92 Å². The van der Waals surface area contributed by atoms with Crippen molar-refractivity contribution in [3.63, 3.8) is 0 Å². The summed E-state index contributed by atoms with van der Waals surface area (Å²) in [5.41, 5.74) is 18.9. The van der Waals surface area contributed by atoms with Crippen LogP contribution in [0.4, 0.5) is 0 Å². The molecule has 292 valence electrons. The molecule has 0 heterocycles. The maximum Gasteiger partial charge on any atom is 2.00 e. The van der Waals surface area contributed by atoms with Gasteiger partial charge in [-0.15, -0.1) is 18.2 Å². The van der Waals surface area contributed by atoms with Gasteiger partial charge in [0.2, 0.25) is 0 Å². The molecule has 1 atom stereocenters. The molecule has 0 saturated carbocycles. The van der Waals surface area contributed by atoms with Crippen molar-refractivity contribution in [2.45, 2.75) is 137 Å². The molecule has 0 spiro atoms. The summed E-state index contributed by atoms with van der Waals surface area (Å²) in [6.45, 7) is 30.9. The third-order valence-corrected chi connectivity index (χ3v) is 13.1. The topological polar surface area (TPSA) is 87.4 Å². The third-order valence-electron chi connectivity index (χ3n) is 9.11. The van der Waals surface area contributed by atoms with E-state index in [1.165, 1.54) is 44.3 Å². The zero-order valence-corrected chi connectivity index (χ0v) is 37.8. The van der Waals surface area contributed by atoms with E-state index in [4.69, 9.17) is 15.0 Å². The van der Waals surface area contributed by atoms with E-state index in [2.05, 4.69) is 151 Å². The summed E-state index contributed by atoms with van der Waals surface area (Å²) >= 11 is 0. The van der Waals surface area contributed by atoms with Crippen LogP contribution in [0.25, 0.3) is 16.9 Å². The Balaban J connectivity index is 0.000000581. The molecule has 5 nitrogen and oxygen atoms in total. The predicted octanol–water partition coefficient (Wildman–Crippen LogP) is 12.4. The quantitative estimate of drug-likeness (QED) is 0.130. The van der Waals surface area contributed by atoms with Crippen molar-refractivity contribution in [2.75, 3.05) is 13.4 Å². The molecule has 2 aromatic carbocycles. The first kappa shape index (κ1) is 48.1. The van der Waals surface area contributed by atoms with E-state index >= 15 is 0 Å². The molecule has 2 aliphatic rings. The molecule has 0 aliphatic heterocycles. The van der Waals surface area contributed by atoms with Crippen molar-refractivity contribution in [3.8, 4) is 16.9 Å². The van der Waals surface area contributed by atoms with Gasteiger partial charge >= 0.3 is 20.4 Å². The van der Waals surface area contributed by atoms with E-state index in [1.54, 1.807) is 0 Å². The second kappa shape index (κ2) is 20.1. The van der Waals surface area contributed by atoms with Crippen LogP contribution in [0.3, 0.4) is 0 Å². The predicted molar refractivity (Wildman–Crippen MR) is 226 cm³/mol. The van der Waals surface area contributed by atoms with Gasteiger partial charge in [0.25, 0.3) is 10.1 Å². The molecule has 0 aromatic heterocycles. The largest absolute Gasteiger partial charge is 2.00 e. The first-order valence-corrected chi connectivity index (χ1v) is 21.7. The van der Waals surface area contributed by atoms with Gasteiger partial charge < -0.3 is 10.5 Å². The van der Waals surface area contributed by atoms with Crippen molar-refractivity contribution >= 4 is 23.3 Å². The van der Waals surface area contributed by atoms with Crippen LogP contribution in [0.15, 0.2) is 71.9 Å². The monoisotopic (exact) mass is 842 g/mol. The zero-order valence-electron chi connectivity index (χ0n) is 34.5. The number of rotatable bonds is 7. The van der Waals surface area contributed by atoms with E-state index in [0.29, 0.717) is 24.0 Å². The van der Waals surface area contributed by atoms with Gasteiger partial charge in [0, 0.05) is 13.5 Å². The SMILES string of the molecule is COc1ccc(C)c(-c2c(C(C)C)cc(C(C)C)cc2C(C)C)c1[PH+](C(C)(C)C)C(C)(C)C.CS(=O)(=O)O.[NH-]C1CC=CC=C1C1=CC=CC[CH-]1.[Pd+2]. The molecule has 2 aliphatic carbocycles. The van der Waals surface area contributed by atoms with Gasteiger partial charge in [-0.2, -0.15) is 38.1 Å². The minimum absolute atomic E-state index is 0. The Morgan fingerprint density at radius 1 is 0.865 bits per heavy atom. The Labute approximate surface area is 333 Å². The second-order valence-corrected chi connectivity index (χ2v) is 22.5. The summed E-state index contributed by atoms with van der Waals surface area (Å²) in [6.07, 6.45) is 17.2. The molecule has 0 bridgehead atoms. The molecule has 2 N–H and O–H groups in total. The fourth-order valence-corrected chi connectivity index (χ4v) is 12.0. The number of benzene rings is 2. The summed E-state index contributed by atoms with van der Waals surface area (Å²) in [6, 6.07) is 9.38. The normalized spacial score (nSPS) is 16.0. The standard InChI is InChI=1S/C31H49OP.C12H13N.CH4O3S.Pd/c1-19(2)23-17-24(20(3)4)28(25(18-23)21(5)6)27-22(7)15-16-26(32-14)29(27)33(30(8,9)10)31(11,12)13;13-12-9-5-4-8-11(12)10-6-2-1-3-7-10;1-5(2,3)4;/h15-21H,1-14H3;1-2,4-8,12-13H,3,9H2;1H3,(H,2,3,4);/q;-2;;+2/p+1. The number of hydrogen-bond acceptors (Lipinski definition) is 3. The van der Waals surface area contributed by atoms with E-state index in [0.717, 1.165) is 24.2 Å². The molecule has 1 unspecified atom stereocenters. The van der Waals surface area contributed by atoms with Gasteiger partial charge in [-0.25, -0.2) is 0 Å². The van der Waals surface area contributed by atoms with E-state index in [9.17, 15) is 8.42 Å². The summed E-state index contributed by atoms with van der Waals surface area (Å²) in [7, 11) is -2.85. The fourth-order valence-electron chi connectivity index (χ4n) is 7.20. The van der Waals surface area contributed by atoms with Gasteiger partial charge in [-0.1, -0.05) is 84.7 Å². The van der Waals surface area contributed by atoms with Crippen molar-refractivity contribution in [3.05, 3.63) is 106 Å². The van der Waals surface area contributed by atoms with Crippen molar-refractivity contribution < 1.29 is 38.1 Å². The van der Waals surface area contributed by atoms with Gasteiger partial charge in [0.15, 0.2) is 5.75 Å². The van der Waals surface area contributed by atoms with Crippen molar-refractivity contribution in [2.24, 2.45) is 0 Å². The number of ether oxygens (including phenoxy) is 1. The molecule has 4 rings (SSSR count). The summed E-state index contributed by atoms with van der Waals surface area (Å²) in [5, 5.41) is 1.85. The van der Waals surface area contributed by atoms with Crippen LogP contribution in [-0.4, -0.2) is 42.7 Å². The minimum Gasteiger partial charge on any atom is -0.681 e. The Kier molecular flexibility index (Phi) is 18.6. The van der Waals surface area contributed by atoms with Gasteiger partial charge in [0.1, 0.15) is 5.30 Å². The third kappa shape index (κ3) is 13.7. The average molecular weight is 843 g/mol. The van der Waals surface area contributed by atoms with E-state index in [1.807, 2.05) is 13.2 Å². The number of nitrogens with one attached hydrogen (secondary N) is 1. The molecule has 0 radical (unpaired) electrons. The number of methoxy groups -OCH3 is 1. The van der Waals surface area contributed by atoms with E-state index in [-0.39, 0.29) is 36.8 Å². The van der Waals surface area contributed by atoms with Gasteiger partial charge in [0.05, 0.1) is 23.7 Å². The Bertz CT molecular complexity index is 1670.